The highest BCUT2D eigenvalue weighted by atomic mass is 15.1. The minimum Gasteiger partial charge on any atom is -0.362 e. The summed E-state index contributed by atoms with van der Waals surface area (Å²) in [6, 6.07) is 4.23. The van der Waals surface area contributed by atoms with Crippen molar-refractivity contribution in [2.24, 2.45) is 11.7 Å². The topological polar surface area (TPSA) is 74.7 Å². The normalized spacial score (nSPS) is 16.8. The van der Waals surface area contributed by atoms with Gasteiger partial charge < -0.3 is 11.1 Å². The van der Waals surface area contributed by atoms with Crippen LogP contribution in [-0.4, -0.2) is 17.1 Å². The van der Waals surface area contributed by atoms with Crippen molar-refractivity contribution in [1.29, 1.82) is 5.26 Å². The second-order valence-electron chi connectivity index (χ2n) is 5.86. The van der Waals surface area contributed by atoms with Gasteiger partial charge in [-0.05, 0) is 43.7 Å². The van der Waals surface area contributed by atoms with E-state index in [1.54, 1.807) is 0 Å². The predicted octanol–water partition coefficient (Wildman–Crippen LogP) is 2.23. The van der Waals surface area contributed by atoms with E-state index in [9.17, 15) is 5.26 Å². The van der Waals surface area contributed by atoms with Crippen LogP contribution in [0.25, 0.3) is 0 Å². The lowest BCUT2D eigenvalue weighted by Gasteiger charge is -2.34. The molecule has 1 heterocycles. The first-order valence-electron chi connectivity index (χ1n) is 6.91. The number of aromatic nitrogens is 1. The summed E-state index contributed by atoms with van der Waals surface area (Å²) in [7, 11) is 0. The smallest absolute Gasteiger partial charge is 0.144 e. The van der Waals surface area contributed by atoms with Crippen molar-refractivity contribution in [2.75, 3.05) is 11.9 Å². The molecule has 1 aromatic heterocycles. The molecule has 0 saturated carbocycles. The largest absolute Gasteiger partial charge is 0.362 e. The van der Waals surface area contributed by atoms with Gasteiger partial charge in [-0.3, -0.25) is 0 Å². The van der Waals surface area contributed by atoms with Gasteiger partial charge in [0.25, 0.3) is 0 Å². The van der Waals surface area contributed by atoms with Crippen LogP contribution in [0.5, 0.6) is 0 Å². The first-order valence-corrected chi connectivity index (χ1v) is 6.91. The fraction of sp³-hybridized carbons (Fsp3) is 0.600. The number of nitrogens with one attached hydrogen (secondary N) is 1. The van der Waals surface area contributed by atoms with Gasteiger partial charge in [0, 0.05) is 12.2 Å². The Kier molecular flexibility index (Phi) is 3.77. The molecule has 1 aliphatic rings. The van der Waals surface area contributed by atoms with Crippen molar-refractivity contribution in [1.82, 2.24) is 4.98 Å². The molecule has 1 aliphatic carbocycles. The molecule has 0 saturated heterocycles. The molecule has 0 radical (unpaired) electrons. The van der Waals surface area contributed by atoms with Crippen LogP contribution < -0.4 is 11.1 Å². The highest BCUT2D eigenvalue weighted by Crippen LogP contribution is 2.28. The van der Waals surface area contributed by atoms with Gasteiger partial charge >= 0.3 is 0 Å². The molecule has 4 nitrogen and oxygen atoms in total. The summed E-state index contributed by atoms with van der Waals surface area (Å²) in [5.74, 6) is 1.05. The molecule has 0 bridgehead atoms. The molecule has 102 valence electrons. The van der Waals surface area contributed by atoms with Crippen LogP contribution >= 0.6 is 0 Å². The second-order valence-corrected chi connectivity index (χ2v) is 5.86. The fourth-order valence-electron chi connectivity index (χ4n) is 2.35. The first-order chi connectivity index (χ1) is 9.00. The fourth-order valence-corrected chi connectivity index (χ4v) is 2.35. The van der Waals surface area contributed by atoms with Gasteiger partial charge in [-0.25, -0.2) is 4.98 Å². The van der Waals surface area contributed by atoms with Gasteiger partial charge in [0.1, 0.15) is 11.9 Å². The summed E-state index contributed by atoms with van der Waals surface area (Å²) in [4.78, 5) is 4.65. The minimum atomic E-state index is -0.245. The van der Waals surface area contributed by atoms with Gasteiger partial charge in [0.05, 0.1) is 11.1 Å². The predicted molar refractivity (Wildman–Crippen MR) is 76.9 cm³/mol. The highest BCUT2D eigenvalue weighted by molar-refractivity contribution is 5.56. The monoisotopic (exact) mass is 258 g/mol. The molecule has 0 spiro atoms. The Labute approximate surface area is 115 Å². The third-order valence-electron chi connectivity index (χ3n) is 4.27. The Balaban J connectivity index is 2.37. The number of anilines is 1. The first kappa shape index (κ1) is 13.8. The van der Waals surface area contributed by atoms with Crippen molar-refractivity contribution in [3.8, 4) is 6.07 Å². The van der Waals surface area contributed by atoms with E-state index in [-0.39, 0.29) is 5.54 Å². The lowest BCUT2D eigenvalue weighted by Crippen LogP contribution is -2.47. The van der Waals surface area contributed by atoms with E-state index in [0.717, 1.165) is 25.0 Å². The van der Waals surface area contributed by atoms with Crippen LogP contribution in [-0.2, 0) is 12.8 Å². The maximum Gasteiger partial charge on any atom is 0.144 e. The van der Waals surface area contributed by atoms with Gasteiger partial charge in [0.15, 0.2) is 0 Å². The summed E-state index contributed by atoms with van der Waals surface area (Å²) in [5.41, 5.74) is 8.62. The molecule has 1 unspecified atom stereocenters. The lowest BCUT2D eigenvalue weighted by atomic mass is 9.88. The molecule has 0 aromatic carbocycles. The molecule has 4 heteroatoms. The van der Waals surface area contributed by atoms with Crippen LogP contribution in [0.3, 0.4) is 0 Å². The molecule has 2 rings (SSSR count). The van der Waals surface area contributed by atoms with E-state index in [2.05, 4.69) is 37.1 Å². The zero-order valence-corrected chi connectivity index (χ0v) is 12.0. The molecule has 0 fully saturated rings. The molecular weight excluding hydrogens is 236 g/mol. The zero-order valence-electron chi connectivity index (χ0n) is 12.0. The van der Waals surface area contributed by atoms with Gasteiger partial charge in [-0.1, -0.05) is 13.8 Å². The number of hydrogen-bond acceptors (Lipinski definition) is 4. The number of fused-ring (bicyclic) bond motifs is 1. The van der Waals surface area contributed by atoms with Gasteiger partial charge in [-0.15, -0.1) is 0 Å². The average Bonchev–Trinajstić information content (AvgIpc) is 2.84. The average molecular weight is 258 g/mol. The number of pyridine rings is 1. The summed E-state index contributed by atoms with van der Waals surface area (Å²) >= 11 is 0. The Morgan fingerprint density at radius 3 is 2.84 bits per heavy atom. The van der Waals surface area contributed by atoms with Crippen LogP contribution in [0, 0.1) is 17.2 Å². The van der Waals surface area contributed by atoms with E-state index >= 15 is 0 Å². The van der Waals surface area contributed by atoms with Crippen molar-refractivity contribution >= 4 is 5.82 Å². The molecule has 0 amide bonds. The minimum absolute atomic E-state index is 0.245. The lowest BCUT2D eigenvalue weighted by molar-refractivity contribution is 0.381. The standard InChI is InChI=1S/C15H22N4/c1-10(2)15(3,9-17)19-14-12(8-16)7-11-5-4-6-13(11)18-14/h7,10H,4-6,9,17H2,1-3H3,(H,18,19). The van der Waals surface area contributed by atoms with Crippen molar-refractivity contribution in [3.05, 3.63) is 22.9 Å². The highest BCUT2D eigenvalue weighted by Gasteiger charge is 2.28. The third-order valence-corrected chi connectivity index (χ3v) is 4.27. The van der Waals surface area contributed by atoms with Crippen LogP contribution in [0.2, 0.25) is 0 Å². The number of hydrogen-bond donors (Lipinski definition) is 2. The van der Waals surface area contributed by atoms with Gasteiger partial charge in [0.2, 0.25) is 0 Å². The summed E-state index contributed by atoms with van der Waals surface area (Å²) in [5, 5.41) is 12.7. The summed E-state index contributed by atoms with van der Waals surface area (Å²) in [6.07, 6.45) is 3.18. The van der Waals surface area contributed by atoms with E-state index in [4.69, 9.17) is 5.73 Å². The third kappa shape index (κ3) is 2.57. The second kappa shape index (κ2) is 5.18. The number of rotatable bonds is 4. The van der Waals surface area contributed by atoms with Crippen molar-refractivity contribution in [2.45, 2.75) is 45.6 Å². The van der Waals surface area contributed by atoms with E-state index < -0.39 is 0 Å². The Bertz CT molecular complexity index is 516. The summed E-state index contributed by atoms with van der Waals surface area (Å²) in [6.45, 7) is 6.83. The Hall–Kier alpha value is -1.60. The number of nitrogens with two attached hydrogens (primary N) is 1. The molecule has 3 N–H and O–H groups in total. The molecule has 19 heavy (non-hydrogen) atoms. The van der Waals surface area contributed by atoms with Crippen molar-refractivity contribution < 1.29 is 0 Å². The Morgan fingerprint density at radius 2 is 2.26 bits per heavy atom. The molecular formula is C15H22N4. The van der Waals surface area contributed by atoms with Crippen LogP contribution in [0.15, 0.2) is 6.07 Å². The Morgan fingerprint density at radius 1 is 1.53 bits per heavy atom. The molecule has 0 aliphatic heterocycles. The van der Waals surface area contributed by atoms with Gasteiger partial charge in [-0.2, -0.15) is 5.26 Å². The number of nitriles is 1. The zero-order chi connectivity index (χ0) is 14.0. The number of aryl methyl sites for hydroxylation is 2. The van der Waals surface area contributed by atoms with E-state index in [1.807, 2.05) is 6.07 Å². The molecule has 1 aromatic rings. The number of nitrogens with zero attached hydrogens (tertiary/aromatic N) is 2. The molecule has 1 atom stereocenters. The van der Waals surface area contributed by atoms with Crippen LogP contribution in [0.4, 0.5) is 5.82 Å². The maximum atomic E-state index is 9.30. The van der Waals surface area contributed by atoms with E-state index in [0.29, 0.717) is 23.8 Å². The SMILES string of the molecule is CC(C)C(C)(CN)Nc1nc2c(cc1C#N)CCC2. The van der Waals surface area contributed by atoms with E-state index in [1.165, 1.54) is 5.56 Å². The van der Waals surface area contributed by atoms with Crippen molar-refractivity contribution in [3.63, 3.8) is 0 Å². The maximum absolute atomic E-state index is 9.30. The quantitative estimate of drug-likeness (QED) is 0.868. The van der Waals surface area contributed by atoms with Crippen LogP contribution in [0.1, 0.15) is 44.0 Å². The summed E-state index contributed by atoms with van der Waals surface area (Å²) < 4.78 is 0.